The zero-order valence-electron chi connectivity index (χ0n) is 10.4. The van der Waals surface area contributed by atoms with Crippen molar-refractivity contribution in [1.82, 2.24) is 4.98 Å². The number of aromatic nitrogens is 1. The van der Waals surface area contributed by atoms with E-state index < -0.39 is 6.36 Å². The molecule has 2 rings (SSSR count). The molecule has 0 spiro atoms. The molecule has 1 aromatic carbocycles. The van der Waals surface area contributed by atoms with Gasteiger partial charge in [0.2, 0.25) is 5.13 Å². The molecule has 21 heavy (non-hydrogen) atoms. The summed E-state index contributed by atoms with van der Waals surface area (Å²) in [5.41, 5.74) is 14.2. The van der Waals surface area contributed by atoms with Crippen molar-refractivity contribution in [2.24, 2.45) is 5.10 Å². The first-order valence-corrected chi connectivity index (χ1v) is 6.37. The minimum absolute atomic E-state index is 0.258. The van der Waals surface area contributed by atoms with Gasteiger partial charge in [0, 0.05) is 16.6 Å². The second-order valence-electron chi connectivity index (χ2n) is 3.79. The van der Waals surface area contributed by atoms with Crippen molar-refractivity contribution >= 4 is 34.2 Å². The lowest BCUT2D eigenvalue weighted by atomic mass is 10.2. The van der Waals surface area contributed by atoms with E-state index in [1.165, 1.54) is 23.6 Å². The van der Waals surface area contributed by atoms with Gasteiger partial charge in [0.15, 0.2) is 0 Å². The van der Waals surface area contributed by atoms with Crippen LogP contribution >= 0.6 is 11.3 Å². The summed E-state index contributed by atoms with van der Waals surface area (Å²) < 4.78 is 40.2. The van der Waals surface area contributed by atoms with Crippen LogP contribution in [-0.2, 0) is 0 Å². The number of hydrogen-bond donors (Lipinski definition) is 3. The van der Waals surface area contributed by atoms with E-state index >= 15 is 0 Å². The number of nitrogens with one attached hydrogen (secondary N) is 1. The molecule has 112 valence electrons. The molecule has 0 saturated heterocycles. The molecule has 0 bridgehead atoms. The Balaban J connectivity index is 2.09. The highest BCUT2D eigenvalue weighted by Gasteiger charge is 2.31. The summed E-state index contributed by atoms with van der Waals surface area (Å²) in [5.74, 6) is -0.0329. The zero-order chi connectivity index (χ0) is 15.5. The molecule has 0 amide bonds. The molecule has 6 nitrogen and oxygen atoms in total. The van der Waals surface area contributed by atoms with Gasteiger partial charge in [-0.05, 0) is 18.2 Å². The van der Waals surface area contributed by atoms with Crippen molar-refractivity contribution in [2.75, 3.05) is 16.9 Å². The van der Waals surface area contributed by atoms with Gasteiger partial charge >= 0.3 is 6.36 Å². The highest BCUT2D eigenvalue weighted by molar-refractivity contribution is 7.14. The van der Waals surface area contributed by atoms with Crippen LogP contribution in [0.25, 0.3) is 0 Å². The Morgan fingerprint density at radius 2 is 2.10 bits per heavy atom. The third-order valence-corrected chi connectivity index (χ3v) is 2.94. The first kappa shape index (κ1) is 14.9. The van der Waals surface area contributed by atoms with E-state index in [1.807, 2.05) is 0 Å². The summed E-state index contributed by atoms with van der Waals surface area (Å²) in [7, 11) is 0. The topological polar surface area (TPSA) is 98.5 Å². The SMILES string of the molecule is Nc1csc(NN=Cc2cc(OC(F)(F)F)ccc2N)n1. The average Bonchev–Trinajstić information content (AvgIpc) is 2.77. The number of hydrazone groups is 1. The number of thiazole rings is 1. The molecule has 0 fully saturated rings. The van der Waals surface area contributed by atoms with Gasteiger partial charge in [0.25, 0.3) is 0 Å². The maximum Gasteiger partial charge on any atom is 0.573 e. The molecule has 0 aliphatic heterocycles. The van der Waals surface area contributed by atoms with E-state index in [1.54, 1.807) is 5.38 Å². The number of nitrogens with zero attached hydrogens (tertiary/aromatic N) is 2. The van der Waals surface area contributed by atoms with Gasteiger partial charge in [0.1, 0.15) is 11.6 Å². The van der Waals surface area contributed by atoms with E-state index in [-0.39, 0.29) is 17.0 Å². The predicted molar refractivity (Wildman–Crippen MR) is 75.3 cm³/mol. The van der Waals surface area contributed by atoms with E-state index in [9.17, 15) is 13.2 Å². The van der Waals surface area contributed by atoms with Crippen molar-refractivity contribution < 1.29 is 17.9 Å². The largest absolute Gasteiger partial charge is 0.573 e. The van der Waals surface area contributed by atoms with Gasteiger partial charge in [-0.1, -0.05) is 0 Å². The highest BCUT2D eigenvalue weighted by atomic mass is 32.1. The van der Waals surface area contributed by atoms with E-state index in [4.69, 9.17) is 11.5 Å². The number of alkyl halides is 3. The van der Waals surface area contributed by atoms with Crippen LogP contribution in [0.4, 0.5) is 29.8 Å². The van der Waals surface area contributed by atoms with Crippen molar-refractivity contribution in [3.63, 3.8) is 0 Å². The van der Waals surface area contributed by atoms with E-state index in [0.717, 1.165) is 12.1 Å². The lowest BCUT2D eigenvalue weighted by molar-refractivity contribution is -0.274. The lowest BCUT2D eigenvalue weighted by Crippen LogP contribution is -2.17. The first-order chi connectivity index (χ1) is 9.83. The monoisotopic (exact) mass is 317 g/mol. The van der Waals surface area contributed by atoms with Crippen LogP contribution in [0.1, 0.15) is 5.56 Å². The van der Waals surface area contributed by atoms with Crippen molar-refractivity contribution in [2.45, 2.75) is 6.36 Å². The van der Waals surface area contributed by atoms with Crippen LogP contribution in [0.5, 0.6) is 5.75 Å². The molecule has 5 N–H and O–H groups in total. The molecule has 0 unspecified atom stereocenters. The predicted octanol–water partition coefficient (Wildman–Crippen LogP) is 2.65. The minimum Gasteiger partial charge on any atom is -0.406 e. The van der Waals surface area contributed by atoms with Gasteiger partial charge in [-0.25, -0.2) is 4.98 Å². The molecule has 0 saturated carbocycles. The number of hydrogen-bond acceptors (Lipinski definition) is 7. The molecule has 0 radical (unpaired) electrons. The fourth-order valence-electron chi connectivity index (χ4n) is 1.36. The standard InChI is InChI=1S/C11H10F3N5OS/c12-11(13,14)20-7-1-2-8(15)6(3-7)4-17-19-10-18-9(16)5-21-10/h1-5H,15-16H2,(H,18,19). The number of benzene rings is 1. The Hall–Kier alpha value is -2.49. The summed E-state index contributed by atoms with van der Waals surface area (Å²) in [5, 5.41) is 5.89. The Bertz CT molecular complexity index is 656. The number of halogens is 3. The van der Waals surface area contributed by atoms with Crippen molar-refractivity contribution in [3.05, 3.63) is 29.1 Å². The van der Waals surface area contributed by atoms with Crippen molar-refractivity contribution in [1.29, 1.82) is 0 Å². The van der Waals surface area contributed by atoms with Gasteiger partial charge in [-0.3, -0.25) is 5.43 Å². The molecule has 10 heteroatoms. The van der Waals surface area contributed by atoms with Crippen LogP contribution in [0.3, 0.4) is 0 Å². The third kappa shape index (κ3) is 4.53. The van der Waals surface area contributed by atoms with Gasteiger partial charge < -0.3 is 16.2 Å². The summed E-state index contributed by atoms with van der Waals surface area (Å²) in [6, 6.07) is 3.54. The van der Waals surface area contributed by atoms with Gasteiger partial charge in [0.05, 0.1) is 6.21 Å². The second kappa shape index (κ2) is 5.87. The number of nitrogens with two attached hydrogens (primary N) is 2. The molecule has 0 aliphatic rings. The smallest absolute Gasteiger partial charge is 0.406 e. The fraction of sp³-hybridized carbons (Fsp3) is 0.0909. The van der Waals surface area contributed by atoms with Crippen LogP contribution in [0.15, 0.2) is 28.7 Å². The highest BCUT2D eigenvalue weighted by Crippen LogP contribution is 2.25. The molecular weight excluding hydrogens is 307 g/mol. The first-order valence-electron chi connectivity index (χ1n) is 5.49. The normalized spacial score (nSPS) is 11.8. The summed E-state index contributed by atoms with van der Waals surface area (Å²) in [4.78, 5) is 3.90. The maximum atomic E-state index is 12.1. The Morgan fingerprint density at radius 3 is 2.71 bits per heavy atom. The zero-order valence-corrected chi connectivity index (χ0v) is 11.2. The van der Waals surface area contributed by atoms with E-state index in [2.05, 4.69) is 20.2 Å². The Kier molecular flexibility index (Phi) is 4.17. The molecule has 0 aliphatic carbocycles. The minimum atomic E-state index is -4.76. The second-order valence-corrected chi connectivity index (χ2v) is 4.64. The van der Waals surface area contributed by atoms with Gasteiger partial charge in [-0.15, -0.1) is 24.5 Å². The molecule has 1 aromatic heterocycles. The molecule has 1 heterocycles. The number of ether oxygens (including phenoxy) is 1. The molecule has 0 atom stereocenters. The number of nitrogen functional groups attached to an aromatic ring is 2. The Morgan fingerprint density at radius 1 is 1.33 bits per heavy atom. The van der Waals surface area contributed by atoms with Crippen LogP contribution < -0.4 is 21.6 Å². The Labute approximate surface area is 121 Å². The quantitative estimate of drug-likeness (QED) is 0.457. The molecular formula is C11H10F3N5OS. The fourth-order valence-corrected chi connectivity index (χ4v) is 1.90. The molecule has 2 aromatic rings. The summed E-state index contributed by atoms with van der Waals surface area (Å²) in [6.45, 7) is 0. The van der Waals surface area contributed by atoms with Gasteiger partial charge in [-0.2, -0.15) is 5.10 Å². The maximum absolute atomic E-state index is 12.1. The van der Waals surface area contributed by atoms with E-state index in [0.29, 0.717) is 10.9 Å². The average molecular weight is 317 g/mol. The summed E-state index contributed by atoms with van der Waals surface area (Å²) >= 11 is 1.23. The summed E-state index contributed by atoms with van der Waals surface area (Å²) in [6.07, 6.45) is -3.50. The lowest BCUT2D eigenvalue weighted by Gasteiger charge is -2.10. The van der Waals surface area contributed by atoms with Crippen LogP contribution in [-0.4, -0.2) is 17.6 Å². The van der Waals surface area contributed by atoms with Crippen LogP contribution in [0, 0.1) is 0 Å². The van der Waals surface area contributed by atoms with Crippen LogP contribution in [0.2, 0.25) is 0 Å². The number of rotatable bonds is 4. The number of anilines is 3. The van der Waals surface area contributed by atoms with Crippen molar-refractivity contribution in [3.8, 4) is 5.75 Å². The third-order valence-electron chi connectivity index (χ3n) is 2.18.